The minimum absolute atomic E-state index is 0.0735. The first kappa shape index (κ1) is 14.6. The molecule has 2 atom stereocenters. The first-order chi connectivity index (χ1) is 9.51. The molecule has 1 heterocycles. The third kappa shape index (κ3) is 3.19. The molecule has 2 rings (SSSR count). The maximum absolute atomic E-state index is 11.1. The predicted molar refractivity (Wildman–Crippen MR) is 78.5 cm³/mol. The van der Waals surface area contributed by atoms with E-state index in [2.05, 4.69) is 24.1 Å². The summed E-state index contributed by atoms with van der Waals surface area (Å²) < 4.78 is 5.44. The Labute approximate surface area is 118 Å². The number of benzene rings is 1. The molecule has 0 spiro atoms. The lowest BCUT2D eigenvalue weighted by molar-refractivity contribution is -0.384. The van der Waals surface area contributed by atoms with Crippen LogP contribution in [0.1, 0.15) is 20.8 Å². The largest absolute Gasteiger partial charge is 0.494 e. The van der Waals surface area contributed by atoms with Gasteiger partial charge in [0.2, 0.25) is 0 Å². The summed E-state index contributed by atoms with van der Waals surface area (Å²) in [5.41, 5.74) is 0.924. The van der Waals surface area contributed by atoms with Crippen LogP contribution in [0.5, 0.6) is 5.75 Å². The Hall–Kier alpha value is -1.82. The average molecular weight is 279 g/mol. The van der Waals surface area contributed by atoms with Gasteiger partial charge in [-0.05, 0) is 20.8 Å². The molecule has 20 heavy (non-hydrogen) atoms. The highest BCUT2D eigenvalue weighted by atomic mass is 16.6. The van der Waals surface area contributed by atoms with Gasteiger partial charge >= 0.3 is 0 Å². The lowest BCUT2D eigenvalue weighted by Crippen LogP contribution is -2.54. The van der Waals surface area contributed by atoms with Crippen molar-refractivity contribution >= 4 is 11.4 Å². The summed E-state index contributed by atoms with van der Waals surface area (Å²) in [5, 5.41) is 14.5. The Balaban J connectivity index is 2.35. The van der Waals surface area contributed by atoms with Crippen molar-refractivity contribution in [3.63, 3.8) is 0 Å². The Kier molecular flexibility index (Phi) is 4.44. The number of piperazine rings is 1. The molecule has 0 bridgehead atoms. The van der Waals surface area contributed by atoms with Crippen LogP contribution in [0.25, 0.3) is 0 Å². The van der Waals surface area contributed by atoms with E-state index in [1.165, 1.54) is 6.07 Å². The number of nitrogens with zero attached hydrogens (tertiary/aromatic N) is 2. The van der Waals surface area contributed by atoms with Crippen LogP contribution in [-0.2, 0) is 0 Å². The van der Waals surface area contributed by atoms with E-state index in [0.717, 1.165) is 18.8 Å². The molecule has 2 unspecified atom stereocenters. The van der Waals surface area contributed by atoms with Crippen molar-refractivity contribution in [1.29, 1.82) is 0 Å². The standard InChI is InChI=1S/C14H21N3O3/c1-4-20-14-6-12(5-13(7-14)17(18)19)16-9-10(2)15-8-11(16)3/h5-7,10-11,15H,4,8-9H2,1-3H3. The maximum Gasteiger partial charge on any atom is 0.275 e. The molecule has 1 saturated heterocycles. The zero-order valence-corrected chi connectivity index (χ0v) is 12.1. The van der Waals surface area contributed by atoms with E-state index in [0.29, 0.717) is 24.4 Å². The van der Waals surface area contributed by atoms with Crippen LogP contribution in [-0.4, -0.2) is 36.7 Å². The first-order valence-corrected chi connectivity index (χ1v) is 6.93. The van der Waals surface area contributed by atoms with Crippen LogP contribution in [0.4, 0.5) is 11.4 Å². The topological polar surface area (TPSA) is 67.6 Å². The monoisotopic (exact) mass is 279 g/mol. The number of nitro benzene ring substituents is 1. The van der Waals surface area contributed by atoms with Crippen LogP contribution in [0.15, 0.2) is 18.2 Å². The molecule has 1 aromatic rings. The van der Waals surface area contributed by atoms with E-state index in [1.54, 1.807) is 6.07 Å². The van der Waals surface area contributed by atoms with Gasteiger partial charge in [0.25, 0.3) is 5.69 Å². The fraction of sp³-hybridized carbons (Fsp3) is 0.571. The van der Waals surface area contributed by atoms with Crippen molar-refractivity contribution in [2.75, 3.05) is 24.6 Å². The van der Waals surface area contributed by atoms with E-state index >= 15 is 0 Å². The fourth-order valence-electron chi connectivity index (χ4n) is 2.47. The molecule has 0 saturated carbocycles. The number of hydrogen-bond donors (Lipinski definition) is 1. The van der Waals surface area contributed by atoms with Gasteiger partial charge in [-0.25, -0.2) is 0 Å². The van der Waals surface area contributed by atoms with Crippen LogP contribution < -0.4 is 15.0 Å². The van der Waals surface area contributed by atoms with Crippen molar-refractivity contribution in [1.82, 2.24) is 5.32 Å². The van der Waals surface area contributed by atoms with E-state index in [1.807, 2.05) is 13.0 Å². The van der Waals surface area contributed by atoms with Gasteiger partial charge in [-0.2, -0.15) is 0 Å². The molecular formula is C14H21N3O3. The van der Waals surface area contributed by atoms with E-state index in [4.69, 9.17) is 4.74 Å². The van der Waals surface area contributed by atoms with Crippen LogP contribution in [0.3, 0.4) is 0 Å². The summed E-state index contributed by atoms with van der Waals surface area (Å²) in [6.45, 7) is 8.28. The predicted octanol–water partition coefficient (Wildman–Crippen LogP) is 2.18. The Morgan fingerprint density at radius 2 is 2.20 bits per heavy atom. The van der Waals surface area contributed by atoms with E-state index in [9.17, 15) is 10.1 Å². The number of rotatable bonds is 4. The molecule has 0 aliphatic carbocycles. The molecule has 0 amide bonds. The molecule has 1 fully saturated rings. The Morgan fingerprint density at radius 1 is 1.45 bits per heavy atom. The van der Waals surface area contributed by atoms with Crippen molar-refractivity contribution in [2.24, 2.45) is 0 Å². The number of ether oxygens (including phenoxy) is 1. The lowest BCUT2D eigenvalue weighted by atomic mass is 10.1. The van der Waals surface area contributed by atoms with Gasteiger partial charge in [0.05, 0.1) is 17.6 Å². The normalized spacial score (nSPS) is 22.6. The summed E-state index contributed by atoms with van der Waals surface area (Å²) in [7, 11) is 0. The van der Waals surface area contributed by atoms with Gasteiger partial charge in [0.1, 0.15) is 5.75 Å². The maximum atomic E-state index is 11.1. The molecule has 6 nitrogen and oxygen atoms in total. The molecule has 0 radical (unpaired) electrons. The van der Waals surface area contributed by atoms with Crippen molar-refractivity contribution in [2.45, 2.75) is 32.9 Å². The van der Waals surface area contributed by atoms with Crippen LogP contribution in [0, 0.1) is 10.1 Å². The van der Waals surface area contributed by atoms with Gasteiger partial charge in [0, 0.05) is 43.0 Å². The zero-order chi connectivity index (χ0) is 14.7. The highest BCUT2D eigenvalue weighted by Gasteiger charge is 2.24. The molecule has 1 N–H and O–H groups in total. The van der Waals surface area contributed by atoms with Gasteiger partial charge in [-0.3, -0.25) is 10.1 Å². The fourth-order valence-corrected chi connectivity index (χ4v) is 2.47. The Bertz CT molecular complexity index is 493. The molecule has 6 heteroatoms. The second kappa shape index (κ2) is 6.09. The van der Waals surface area contributed by atoms with Gasteiger partial charge in [-0.15, -0.1) is 0 Å². The summed E-state index contributed by atoms with van der Waals surface area (Å²) in [6.07, 6.45) is 0. The summed E-state index contributed by atoms with van der Waals surface area (Å²) in [6, 6.07) is 5.63. The minimum Gasteiger partial charge on any atom is -0.494 e. The number of nitro groups is 1. The van der Waals surface area contributed by atoms with E-state index < -0.39 is 0 Å². The quantitative estimate of drug-likeness (QED) is 0.676. The number of anilines is 1. The summed E-state index contributed by atoms with van der Waals surface area (Å²) in [5.74, 6) is 0.551. The lowest BCUT2D eigenvalue weighted by Gasteiger charge is -2.39. The van der Waals surface area contributed by atoms with Gasteiger partial charge in [-0.1, -0.05) is 0 Å². The molecule has 0 aromatic heterocycles. The highest BCUT2D eigenvalue weighted by Crippen LogP contribution is 2.30. The van der Waals surface area contributed by atoms with Gasteiger partial charge in [0.15, 0.2) is 0 Å². The van der Waals surface area contributed by atoms with Crippen LogP contribution >= 0.6 is 0 Å². The smallest absolute Gasteiger partial charge is 0.275 e. The highest BCUT2D eigenvalue weighted by molar-refractivity contribution is 5.59. The van der Waals surface area contributed by atoms with Crippen molar-refractivity contribution in [3.8, 4) is 5.75 Å². The summed E-state index contributed by atoms with van der Waals surface area (Å²) >= 11 is 0. The molecular weight excluding hydrogens is 258 g/mol. The molecule has 1 aliphatic rings. The van der Waals surface area contributed by atoms with Crippen molar-refractivity contribution in [3.05, 3.63) is 28.3 Å². The third-order valence-electron chi connectivity index (χ3n) is 3.49. The average Bonchev–Trinajstić information content (AvgIpc) is 2.41. The zero-order valence-electron chi connectivity index (χ0n) is 12.1. The number of non-ortho nitro benzene ring substituents is 1. The minimum atomic E-state index is -0.373. The second-order valence-electron chi connectivity index (χ2n) is 5.19. The second-order valence-corrected chi connectivity index (χ2v) is 5.19. The SMILES string of the molecule is CCOc1cc(N2CC(C)NCC2C)cc([N+](=O)[O-])c1. The molecule has 110 valence electrons. The van der Waals surface area contributed by atoms with Crippen LogP contribution in [0.2, 0.25) is 0 Å². The van der Waals surface area contributed by atoms with E-state index in [-0.39, 0.29) is 10.6 Å². The molecule has 1 aliphatic heterocycles. The third-order valence-corrected chi connectivity index (χ3v) is 3.49. The van der Waals surface area contributed by atoms with Gasteiger partial charge < -0.3 is 15.0 Å². The van der Waals surface area contributed by atoms with Crippen molar-refractivity contribution < 1.29 is 9.66 Å². The number of nitrogens with one attached hydrogen (secondary N) is 1. The number of hydrogen-bond acceptors (Lipinski definition) is 5. The summed E-state index contributed by atoms with van der Waals surface area (Å²) in [4.78, 5) is 12.9. The molecule has 1 aromatic carbocycles. The first-order valence-electron chi connectivity index (χ1n) is 6.93. The Morgan fingerprint density at radius 3 is 2.85 bits per heavy atom.